The van der Waals surface area contributed by atoms with Crippen molar-refractivity contribution >= 4 is 5.97 Å². The van der Waals surface area contributed by atoms with Crippen molar-refractivity contribution in [3.63, 3.8) is 0 Å². The predicted molar refractivity (Wildman–Crippen MR) is 133 cm³/mol. The topological polar surface area (TPSA) is 65.0 Å². The van der Waals surface area contributed by atoms with E-state index in [-0.39, 0.29) is 24.8 Å². The zero-order chi connectivity index (χ0) is 23.9. The zero-order valence-electron chi connectivity index (χ0n) is 21.5. The average molecular weight is 457 g/mol. The molecule has 0 aliphatic carbocycles. The minimum atomic E-state index is -0.479. The molecule has 3 atom stereocenters. The molecule has 0 rings (SSSR count). The molecular formula is C27H52O5. The highest BCUT2D eigenvalue weighted by molar-refractivity contribution is 5.69. The van der Waals surface area contributed by atoms with E-state index in [4.69, 9.17) is 14.2 Å². The Morgan fingerprint density at radius 1 is 0.719 bits per heavy atom. The van der Waals surface area contributed by atoms with Gasteiger partial charge in [0.2, 0.25) is 0 Å². The number of esters is 1. The largest absolute Gasteiger partial charge is 0.463 e. The van der Waals surface area contributed by atoms with Gasteiger partial charge in [-0.25, -0.2) is 0 Å². The normalized spacial score (nSPS) is 14.5. The van der Waals surface area contributed by atoms with E-state index in [0.29, 0.717) is 19.6 Å². The third kappa shape index (κ3) is 23.7. The van der Waals surface area contributed by atoms with E-state index >= 15 is 0 Å². The van der Waals surface area contributed by atoms with Crippen LogP contribution in [0.1, 0.15) is 118 Å². The summed E-state index contributed by atoms with van der Waals surface area (Å²) >= 11 is 0. The van der Waals surface area contributed by atoms with Gasteiger partial charge in [-0.3, -0.25) is 4.79 Å². The highest BCUT2D eigenvalue weighted by Gasteiger charge is 2.11. The summed E-state index contributed by atoms with van der Waals surface area (Å²) in [4.78, 5) is 11.9. The van der Waals surface area contributed by atoms with Gasteiger partial charge in [-0.05, 0) is 52.9 Å². The Balaban J connectivity index is 3.43. The van der Waals surface area contributed by atoms with Gasteiger partial charge < -0.3 is 19.3 Å². The number of carbonyl (C=O) groups excluding carboxylic acids is 1. The van der Waals surface area contributed by atoms with Crippen LogP contribution in [-0.4, -0.2) is 49.2 Å². The van der Waals surface area contributed by atoms with Gasteiger partial charge in [0.1, 0.15) is 6.61 Å². The van der Waals surface area contributed by atoms with E-state index < -0.39 is 6.10 Å². The Labute approximate surface area is 198 Å². The third-order valence-electron chi connectivity index (χ3n) is 5.36. The number of hydrogen-bond donors (Lipinski definition) is 1. The minimum absolute atomic E-state index is 0.0986. The molecule has 0 radical (unpaired) electrons. The van der Waals surface area contributed by atoms with Crippen molar-refractivity contribution in [1.29, 1.82) is 0 Å². The second-order valence-corrected chi connectivity index (χ2v) is 9.15. The molecule has 5 heteroatoms. The van der Waals surface area contributed by atoms with Gasteiger partial charge in [0.15, 0.2) is 0 Å². The molecule has 0 aromatic carbocycles. The number of aliphatic hydroxyl groups is 1. The highest BCUT2D eigenvalue weighted by atomic mass is 16.6. The minimum Gasteiger partial charge on any atom is -0.463 e. The molecule has 1 N–H and O–H groups in total. The Hall–Kier alpha value is -0.910. The van der Waals surface area contributed by atoms with Crippen molar-refractivity contribution in [2.24, 2.45) is 0 Å². The Kier molecular flexibility index (Phi) is 22.6. The van der Waals surface area contributed by atoms with E-state index in [1.165, 1.54) is 70.6 Å². The lowest BCUT2D eigenvalue weighted by molar-refractivity contribution is -0.148. The summed E-state index contributed by atoms with van der Waals surface area (Å²) in [6.07, 6.45) is 20.7. The van der Waals surface area contributed by atoms with Crippen LogP contribution in [0.25, 0.3) is 0 Å². The van der Waals surface area contributed by atoms with Crippen molar-refractivity contribution in [2.75, 3.05) is 19.8 Å². The molecule has 5 nitrogen and oxygen atoms in total. The predicted octanol–water partition coefficient (Wildman–Crippen LogP) is 6.76. The molecule has 0 heterocycles. The molecule has 0 aliphatic rings. The Morgan fingerprint density at radius 3 is 1.81 bits per heavy atom. The maximum absolute atomic E-state index is 11.9. The lowest BCUT2D eigenvalue weighted by Crippen LogP contribution is -2.26. The summed E-state index contributed by atoms with van der Waals surface area (Å²) in [6, 6.07) is 0. The van der Waals surface area contributed by atoms with Gasteiger partial charge in [0.25, 0.3) is 0 Å². The standard InChI is InChI=1S/C27H52O5/c1-5-6-7-8-9-10-11-12-13-14-15-16-17-18-19-20-27(29)32-23-26(4)31-22-25(3)30-21-24(2)28/h12-13,24-26,28H,5-11,14-23H2,1-4H3/b13-12-. The first-order chi connectivity index (χ1) is 15.5. The molecule has 3 unspecified atom stereocenters. The van der Waals surface area contributed by atoms with Crippen LogP contribution >= 0.6 is 0 Å². The first-order valence-electron chi connectivity index (χ1n) is 13.2. The third-order valence-corrected chi connectivity index (χ3v) is 5.36. The van der Waals surface area contributed by atoms with Crippen molar-refractivity contribution in [2.45, 2.75) is 136 Å². The summed E-state index contributed by atoms with van der Waals surface area (Å²) < 4.78 is 16.4. The number of unbranched alkanes of at least 4 members (excludes halogenated alkanes) is 11. The van der Waals surface area contributed by atoms with Crippen molar-refractivity contribution in [3.05, 3.63) is 12.2 Å². The number of carbonyl (C=O) groups is 1. The molecule has 0 saturated heterocycles. The zero-order valence-corrected chi connectivity index (χ0v) is 21.5. The van der Waals surface area contributed by atoms with Crippen LogP contribution in [0, 0.1) is 0 Å². The molecule has 0 aromatic rings. The van der Waals surface area contributed by atoms with Crippen LogP contribution in [0.5, 0.6) is 0 Å². The van der Waals surface area contributed by atoms with Gasteiger partial charge in [-0.1, -0.05) is 70.4 Å². The second-order valence-electron chi connectivity index (χ2n) is 9.15. The van der Waals surface area contributed by atoms with Crippen LogP contribution in [0.3, 0.4) is 0 Å². The van der Waals surface area contributed by atoms with E-state index in [1.54, 1.807) is 6.92 Å². The Morgan fingerprint density at radius 2 is 1.22 bits per heavy atom. The summed E-state index contributed by atoms with van der Waals surface area (Å²) in [5.41, 5.74) is 0. The number of hydrogen-bond acceptors (Lipinski definition) is 5. The fraction of sp³-hybridized carbons (Fsp3) is 0.889. The SMILES string of the molecule is CCCCCCCC/C=C\CCCCCCCC(=O)OCC(C)OCC(C)OCC(C)O. The summed E-state index contributed by atoms with van der Waals surface area (Å²) in [5, 5.41) is 9.20. The van der Waals surface area contributed by atoms with E-state index in [2.05, 4.69) is 19.1 Å². The summed E-state index contributed by atoms with van der Waals surface area (Å²) in [7, 11) is 0. The lowest BCUT2D eigenvalue weighted by atomic mass is 10.1. The highest BCUT2D eigenvalue weighted by Crippen LogP contribution is 2.10. The van der Waals surface area contributed by atoms with Crippen LogP contribution in [-0.2, 0) is 19.0 Å². The van der Waals surface area contributed by atoms with E-state index in [9.17, 15) is 9.90 Å². The maximum Gasteiger partial charge on any atom is 0.305 e. The van der Waals surface area contributed by atoms with E-state index in [0.717, 1.165) is 12.8 Å². The average Bonchev–Trinajstić information content (AvgIpc) is 2.77. The number of rotatable bonds is 23. The van der Waals surface area contributed by atoms with Crippen LogP contribution < -0.4 is 0 Å². The summed E-state index contributed by atoms with van der Waals surface area (Å²) in [5.74, 6) is -0.142. The quantitative estimate of drug-likeness (QED) is 0.105. The molecule has 0 aromatic heterocycles. The Bertz CT molecular complexity index is 436. The number of aliphatic hydroxyl groups excluding tert-OH is 1. The molecule has 0 fully saturated rings. The molecule has 0 spiro atoms. The smallest absolute Gasteiger partial charge is 0.305 e. The van der Waals surface area contributed by atoms with Gasteiger partial charge in [-0.2, -0.15) is 0 Å². The maximum atomic E-state index is 11.9. The molecule has 0 amide bonds. The summed E-state index contributed by atoms with van der Waals surface area (Å²) in [6.45, 7) is 8.71. The van der Waals surface area contributed by atoms with Crippen molar-refractivity contribution in [1.82, 2.24) is 0 Å². The van der Waals surface area contributed by atoms with Crippen molar-refractivity contribution < 1.29 is 24.1 Å². The van der Waals surface area contributed by atoms with Crippen LogP contribution in [0.2, 0.25) is 0 Å². The molecule has 0 saturated carbocycles. The molecule has 32 heavy (non-hydrogen) atoms. The fourth-order valence-corrected chi connectivity index (χ4v) is 3.32. The molecule has 0 bridgehead atoms. The molecule has 190 valence electrons. The van der Waals surface area contributed by atoms with Gasteiger partial charge in [0.05, 0.1) is 31.5 Å². The van der Waals surface area contributed by atoms with Gasteiger partial charge in [-0.15, -0.1) is 0 Å². The first kappa shape index (κ1) is 31.1. The van der Waals surface area contributed by atoms with Crippen LogP contribution in [0.15, 0.2) is 12.2 Å². The molecular weight excluding hydrogens is 404 g/mol. The second kappa shape index (κ2) is 23.3. The van der Waals surface area contributed by atoms with Gasteiger partial charge >= 0.3 is 5.97 Å². The monoisotopic (exact) mass is 456 g/mol. The van der Waals surface area contributed by atoms with E-state index in [1.807, 2.05) is 13.8 Å². The van der Waals surface area contributed by atoms with Gasteiger partial charge in [0, 0.05) is 6.42 Å². The first-order valence-corrected chi connectivity index (χ1v) is 13.2. The molecule has 0 aliphatic heterocycles. The van der Waals surface area contributed by atoms with Crippen molar-refractivity contribution in [3.8, 4) is 0 Å². The fourth-order valence-electron chi connectivity index (χ4n) is 3.32. The lowest BCUT2D eigenvalue weighted by Gasteiger charge is -2.18. The number of allylic oxidation sites excluding steroid dienone is 2. The van der Waals surface area contributed by atoms with Crippen LogP contribution in [0.4, 0.5) is 0 Å². The number of ether oxygens (including phenoxy) is 3.